The van der Waals surface area contributed by atoms with E-state index in [-0.39, 0.29) is 0 Å². The molecule has 7 heteroatoms. The standard InChI is InChI=1S/C17H17NO4S2/c1-10-4-5-12-11(7-10)8-14(24-12)17(21)22-9-15(19)18-16(20)13-3-2-6-23-13/h2-3,6,8,10H,4-5,7,9H2,1H3,(H,18,19,20)/t10-/m1/s1. The van der Waals surface area contributed by atoms with Crippen molar-refractivity contribution in [3.63, 3.8) is 0 Å². The first-order chi connectivity index (χ1) is 11.5. The van der Waals surface area contributed by atoms with Crippen LogP contribution < -0.4 is 5.32 Å². The van der Waals surface area contributed by atoms with Gasteiger partial charge in [0.25, 0.3) is 11.8 Å². The number of rotatable bonds is 4. The number of fused-ring (bicyclic) bond motifs is 1. The number of aryl methyl sites for hydroxylation is 1. The Morgan fingerprint density at radius 3 is 2.92 bits per heavy atom. The number of amides is 2. The highest BCUT2D eigenvalue weighted by atomic mass is 32.1. The van der Waals surface area contributed by atoms with E-state index in [0.717, 1.165) is 19.3 Å². The summed E-state index contributed by atoms with van der Waals surface area (Å²) in [5, 5.41) is 3.95. The second-order valence-electron chi connectivity index (χ2n) is 5.84. The van der Waals surface area contributed by atoms with Crippen molar-refractivity contribution in [2.75, 3.05) is 6.61 Å². The van der Waals surface area contributed by atoms with Gasteiger partial charge in [0, 0.05) is 4.88 Å². The monoisotopic (exact) mass is 363 g/mol. The molecule has 1 N–H and O–H groups in total. The Morgan fingerprint density at radius 2 is 2.17 bits per heavy atom. The number of hydrogen-bond donors (Lipinski definition) is 1. The van der Waals surface area contributed by atoms with E-state index in [1.165, 1.54) is 33.1 Å². The Kier molecular flexibility index (Phi) is 5.11. The molecule has 126 valence electrons. The topological polar surface area (TPSA) is 72.5 Å². The number of imide groups is 1. The first-order valence-electron chi connectivity index (χ1n) is 7.69. The van der Waals surface area contributed by atoms with Crippen LogP contribution in [0.4, 0.5) is 0 Å². The second kappa shape index (κ2) is 7.27. The van der Waals surface area contributed by atoms with E-state index in [0.29, 0.717) is 15.7 Å². The van der Waals surface area contributed by atoms with E-state index in [1.54, 1.807) is 17.5 Å². The third-order valence-corrected chi connectivity index (χ3v) is 5.95. The minimum atomic E-state index is -0.628. The number of carbonyl (C=O) groups excluding carboxylic acids is 3. The average molecular weight is 363 g/mol. The summed E-state index contributed by atoms with van der Waals surface area (Å²) in [5.41, 5.74) is 1.21. The van der Waals surface area contributed by atoms with Gasteiger partial charge in [0.05, 0.1) is 4.88 Å². The summed E-state index contributed by atoms with van der Waals surface area (Å²) in [6, 6.07) is 5.21. The van der Waals surface area contributed by atoms with Gasteiger partial charge in [0.15, 0.2) is 6.61 Å². The van der Waals surface area contributed by atoms with E-state index in [9.17, 15) is 14.4 Å². The van der Waals surface area contributed by atoms with Gasteiger partial charge in [-0.05, 0) is 48.3 Å². The number of thiophene rings is 2. The molecule has 1 atom stereocenters. The predicted molar refractivity (Wildman–Crippen MR) is 92.6 cm³/mol. The van der Waals surface area contributed by atoms with Crippen LogP contribution in [0.1, 0.15) is 43.1 Å². The highest BCUT2D eigenvalue weighted by molar-refractivity contribution is 7.14. The minimum absolute atomic E-state index is 0.440. The molecule has 2 heterocycles. The SMILES string of the molecule is C[C@@H]1CCc2sc(C(=O)OCC(=O)NC(=O)c3cccs3)cc2C1. The minimum Gasteiger partial charge on any atom is -0.451 e. The summed E-state index contributed by atoms with van der Waals surface area (Å²) in [5.74, 6) is -0.992. The second-order valence-corrected chi connectivity index (χ2v) is 7.92. The van der Waals surface area contributed by atoms with Crippen LogP contribution in [0.15, 0.2) is 23.6 Å². The van der Waals surface area contributed by atoms with Gasteiger partial charge in [-0.25, -0.2) is 4.79 Å². The van der Waals surface area contributed by atoms with Crippen molar-refractivity contribution in [1.82, 2.24) is 5.32 Å². The Bertz CT molecular complexity index is 764. The van der Waals surface area contributed by atoms with Gasteiger partial charge in [-0.1, -0.05) is 13.0 Å². The third-order valence-electron chi connectivity index (χ3n) is 3.86. The zero-order valence-electron chi connectivity index (χ0n) is 13.2. The summed E-state index contributed by atoms with van der Waals surface area (Å²) >= 11 is 2.68. The van der Waals surface area contributed by atoms with E-state index >= 15 is 0 Å². The quantitative estimate of drug-likeness (QED) is 0.848. The molecule has 0 bridgehead atoms. The fourth-order valence-electron chi connectivity index (χ4n) is 2.64. The lowest BCUT2D eigenvalue weighted by molar-refractivity contribution is -0.123. The zero-order chi connectivity index (χ0) is 17.1. The highest BCUT2D eigenvalue weighted by Gasteiger charge is 2.22. The number of hydrogen-bond acceptors (Lipinski definition) is 6. The molecule has 2 aromatic rings. The van der Waals surface area contributed by atoms with Gasteiger partial charge in [0.1, 0.15) is 4.88 Å². The fraction of sp³-hybridized carbons (Fsp3) is 0.353. The molecule has 0 aromatic carbocycles. The highest BCUT2D eigenvalue weighted by Crippen LogP contribution is 2.32. The van der Waals surface area contributed by atoms with Crippen molar-refractivity contribution in [3.8, 4) is 0 Å². The number of nitrogens with one attached hydrogen (secondary N) is 1. The van der Waals surface area contributed by atoms with E-state index in [4.69, 9.17) is 4.74 Å². The van der Waals surface area contributed by atoms with Crippen LogP contribution in [0.3, 0.4) is 0 Å². The van der Waals surface area contributed by atoms with E-state index in [1.807, 2.05) is 6.07 Å². The number of carbonyl (C=O) groups is 3. The zero-order valence-corrected chi connectivity index (χ0v) is 14.8. The first kappa shape index (κ1) is 16.9. The maximum absolute atomic E-state index is 12.1. The van der Waals surface area contributed by atoms with E-state index in [2.05, 4.69) is 12.2 Å². The summed E-state index contributed by atoms with van der Waals surface area (Å²) < 4.78 is 5.02. The molecule has 0 radical (unpaired) electrons. The largest absolute Gasteiger partial charge is 0.451 e. The van der Waals surface area contributed by atoms with Crippen LogP contribution in [-0.2, 0) is 22.4 Å². The number of ether oxygens (including phenoxy) is 1. The van der Waals surface area contributed by atoms with Crippen molar-refractivity contribution < 1.29 is 19.1 Å². The molecule has 3 rings (SSSR count). The van der Waals surface area contributed by atoms with Crippen LogP contribution in [0, 0.1) is 5.92 Å². The van der Waals surface area contributed by atoms with Gasteiger partial charge in [0.2, 0.25) is 0 Å². The summed E-state index contributed by atoms with van der Waals surface area (Å²) in [6.07, 6.45) is 3.11. The lowest BCUT2D eigenvalue weighted by Crippen LogP contribution is -2.33. The summed E-state index contributed by atoms with van der Waals surface area (Å²) in [7, 11) is 0. The van der Waals surface area contributed by atoms with E-state index < -0.39 is 24.4 Å². The molecular weight excluding hydrogens is 346 g/mol. The molecular formula is C17H17NO4S2. The summed E-state index contributed by atoms with van der Waals surface area (Å²) in [4.78, 5) is 37.7. The van der Waals surface area contributed by atoms with Crippen molar-refractivity contribution in [3.05, 3.63) is 43.8 Å². The molecule has 0 unspecified atom stereocenters. The molecule has 24 heavy (non-hydrogen) atoms. The Labute approximate surface area is 147 Å². The molecule has 5 nitrogen and oxygen atoms in total. The number of esters is 1. The Balaban J connectivity index is 1.52. The molecule has 1 aliphatic rings. The van der Waals surface area contributed by atoms with Gasteiger partial charge in [-0.3, -0.25) is 14.9 Å². The van der Waals surface area contributed by atoms with Crippen LogP contribution in [0.5, 0.6) is 0 Å². The van der Waals surface area contributed by atoms with Crippen LogP contribution in [0.25, 0.3) is 0 Å². The summed E-state index contributed by atoms with van der Waals surface area (Å²) in [6.45, 7) is 1.74. The van der Waals surface area contributed by atoms with Crippen molar-refractivity contribution in [2.24, 2.45) is 5.92 Å². The molecule has 2 amide bonds. The normalized spacial score (nSPS) is 16.3. The lowest BCUT2D eigenvalue weighted by atomic mass is 9.90. The van der Waals surface area contributed by atoms with Gasteiger partial charge in [-0.2, -0.15) is 0 Å². The molecule has 0 spiro atoms. The van der Waals surface area contributed by atoms with Gasteiger partial charge >= 0.3 is 5.97 Å². The van der Waals surface area contributed by atoms with Crippen LogP contribution >= 0.6 is 22.7 Å². The molecule has 0 fully saturated rings. The first-order valence-corrected chi connectivity index (χ1v) is 9.39. The molecule has 0 saturated carbocycles. The van der Waals surface area contributed by atoms with Crippen molar-refractivity contribution in [2.45, 2.75) is 26.2 Å². The molecule has 0 saturated heterocycles. The predicted octanol–water partition coefficient (Wildman–Crippen LogP) is 3.05. The van der Waals surface area contributed by atoms with Crippen molar-refractivity contribution in [1.29, 1.82) is 0 Å². The van der Waals surface area contributed by atoms with Crippen LogP contribution in [0.2, 0.25) is 0 Å². The van der Waals surface area contributed by atoms with Crippen molar-refractivity contribution >= 4 is 40.5 Å². The van der Waals surface area contributed by atoms with Gasteiger partial charge in [-0.15, -0.1) is 22.7 Å². The Morgan fingerprint density at radius 1 is 1.33 bits per heavy atom. The average Bonchev–Trinajstić information content (AvgIpc) is 3.21. The lowest BCUT2D eigenvalue weighted by Gasteiger charge is -2.16. The van der Waals surface area contributed by atoms with Gasteiger partial charge < -0.3 is 4.74 Å². The smallest absolute Gasteiger partial charge is 0.348 e. The molecule has 1 aliphatic carbocycles. The van der Waals surface area contributed by atoms with Crippen LogP contribution in [-0.4, -0.2) is 24.4 Å². The maximum Gasteiger partial charge on any atom is 0.348 e. The maximum atomic E-state index is 12.1. The molecule has 0 aliphatic heterocycles. The Hall–Kier alpha value is -1.99. The third kappa shape index (κ3) is 3.91. The fourth-order valence-corrected chi connectivity index (χ4v) is 4.36. The molecule has 2 aromatic heterocycles.